The summed E-state index contributed by atoms with van der Waals surface area (Å²) >= 11 is 6.17. The van der Waals surface area contributed by atoms with Crippen molar-refractivity contribution in [1.82, 2.24) is 0 Å². The van der Waals surface area contributed by atoms with E-state index in [2.05, 4.69) is 13.8 Å². The number of alkyl halides is 1. The average Bonchev–Trinajstić information content (AvgIpc) is 2.46. The van der Waals surface area contributed by atoms with Crippen LogP contribution in [0.15, 0.2) is 0 Å². The number of hydrogen-bond donors (Lipinski definition) is 0. The maximum Gasteiger partial charge on any atom is 0.0280 e. The van der Waals surface area contributed by atoms with Gasteiger partial charge < -0.3 is 0 Å². The maximum absolute atomic E-state index is 6.17. The molecule has 0 aromatic rings. The molecule has 0 saturated heterocycles. The summed E-state index contributed by atoms with van der Waals surface area (Å²) in [6.07, 6.45) is 11.2. The molecule has 14 heavy (non-hydrogen) atoms. The predicted octanol–water partition coefficient (Wildman–Crippen LogP) is 5.00. The lowest BCUT2D eigenvalue weighted by Crippen LogP contribution is -2.29. The summed E-state index contributed by atoms with van der Waals surface area (Å²) in [6.45, 7) is 4.68. The Bertz CT molecular complexity index is 147. The molecule has 1 rings (SSSR count). The minimum atomic E-state index is 0.417. The summed E-state index contributed by atoms with van der Waals surface area (Å²) < 4.78 is 0. The van der Waals surface area contributed by atoms with Crippen LogP contribution < -0.4 is 0 Å². The van der Waals surface area contributed by atoms with E-state index in [1.165, 1.54) is 51.4 Å². The molecule has 0 N–H and O–H groups in total. The molecule has 1 atom stereocenters. The Morgan fingerprint density at radius 1 is 1.14 bits per heavy atom. The minimum absolute atomic E-state index is 0.417. The lowest BCUT2D eigenvalue weighted by molar-refractivity contribution is 0.177. The fourth-order valence-corrected chi connectivity index (χ4v) is 3.28. The molecule has 1 heteroatoms. The van der Waals surface area contributed by atoms with Gasteiger partial charge in [-0.1, -0.05) is 46.0 Å². The number of hydrogen-bond acceptors (Lipinski definition) is 0. The van der Waals surface area contributed by atoms with Crippen LogP contribution in [0.2, 0.25) is 0 Å². The van der Waals surface area contributed by atoms with Crippen LogP contribution in [0, 0.1) is 11.3 Å². The summed E-state index contributed by atoms with van der Waals surface area (Å²) in [6, 6.07) is 0. The third-order valence-electron chi connectivity index (χ3n) is 3.97. The van der Waals surface area contributed by atoms with Gasteiger partial charge in [-0.05, 0) is 30.6 Å². The number of rotatable bonds is 4. The molecular formula is C13H25Cl. The molecule has 0 nitrogen and oxygen atoms in total. The van der Waals surface area contributed by atoms with Crippen molar-refractivity contribution in [2.24, 2.45) is 11.3 Å². The normalized spacial score (nSPS) is 24.2. The second-order valence-corrected chi connectivity index (χ2v) is 5.49. The fraction of sp³-hybridized carbons (Fsp3) is 1.00. The zero-order valence-electron chi connectivity index (χ0n) is 9.82. The van der Waals surface area contributed by atoms with E-state index in [1.807, 2.05) is 0 Å². The van der Waals surface area contributed by atoms with Crippen LogP contribution in [-0.2, 0) is 0 Å². The highest BCUT2D eigenvalue weighted by molar-refractivity contribution is 6.18. The number of halogens is 1. The van der Waals surface area contributed by atoms with Crippen LogP contribution >= 0.6 is 11.6 Å². The van der Waals surface area contributed by atoms with Crippen LogP contribution in [0.5, 0.6) is 0 Å². The van der Waals surface area contributed by atoms with Crippen molar-refractivity contribution in [2.75, 3.05) is 5.88 Å². The molecule has 0 aliphatic heterocycles. The first kappa shape index (κ1) is 12.4. The van der Waals surface area contributed by atoms with Gasteiger partial charge in [0.25, 0.3) is 0 Å². The lowest BCUT2D eigenvalue weighted by atomic mass is 9.72. The SMILES string of the molecule is CCCC(C)(CCl)C1CCCCCC1. The van der Waals surface area contributed by atoms with Gasteiger partial charge in [-0.25, -0.2) is 0 Å². The molecule has 0 radical (unpaired) electrons. The van der Waals surface area contributed by atoms with E-state index in [9.17, 15) is 0 Å². The summed E-state index contributed by atoms with van der Waals surface area (Å²) in [5.41, 5.74) is 0.417. The first-order valence-corrected chi connectivity index (χ1v) is 6.82. The standard InChI is InChI=1S/C13H25Cl/c1-3-10-13(2,11-14)12-8-6-4-5-7-9-12/h12H,3-11H2,1-2H3. The Labute approximate surface area is 94.4 Å². The van der Waals surface area contributed by atoms with E-state index in [-0.39, 0.29) is 0 Å². The molecule has 1 saturated carbocycles. The molecule has 1 unspecified atom stereocenters. The van der Waals surface area contributed by atoms with Gasteiger partial charge in [0.2, 0.25) is 0 Å². The van der Waals surface area contributed by atoms with E-state index in [0.29, 0.717) is 5.41 Å². The van der Waals surface area contributed by atoms with Crippen molar-refractivity contribution in [1.29, 1.82) is 0 Å². The minimum Gasteiger partial charge on any atom is -0.126 e. The topological polar surface area (TPSA) is 0 Å². The third-order valence-corrected chi connectivity index (χ3v) is 4.58. The van der Waals surface area contributed by atoms with Crippen molar-refractivity contribution in [3.05, 3.63) is 0 Å². The van der Waals surface area contributed by atoms with Gasteiger partial charge in [-0.2, -0.15) is 0 Å². The van der Waals surface area contributed by atoms with Gasteiger partial charge in [0.05, 0.1) is 0 Å². The van der Waals surface area contributed by atoms with Crippen molar-refractivity contribution in [2.45, 2.75) is 65.2 Å². The first-order chi connectivity index (χ1) is 6.73. The Balaban J connectivity index is 2.56. The zero-order valence-corrected chi connectivity index (χ0v) is 10.6. The molecule has 0 aromatic carbocycles. The highest BCUT2D eigenvalue weighted by atomic mass is 35.5. The van der Waals surface area contributed by atoms with Crippen molar-refractivity contribution >= 4 is 11.6 Å². The predicted molar refractivity (Wildman–Crippen MR) is 64.9 cm³/mol. The largest absolute Gasteiger partial charge is 0.126 e. The van der Waals surface area contributed by atoms with Crippen molar-refractivity contribution in [3.8, 4) is 0 Å². The van der Waals surface area contributed by atoms with Crippen LogP contribution in [0.4, 0.5) is 0 Å². The van der Waals surface area contributed by atoms with Crippen molar-refractivity contribution in [3.63, 3.8) is 0 Å². The smallest absolute Gasteiger partial charge is 0.0280 e. The quantitative estimate of drug-likeness (QED) is 0.458. The van der Waals surface area contributed by atoms with Gasteiger partial charge >= 0.3 is 0 Å². The summed E-state index contributed by atoms with van der Waals surface area (Å²) in [7, 11) is 0. The molecular weight excluding hydrogens is 192 g/mol. The first-order valence-electron chi connectivity index (χ1n) is 6.29. The maximum atomic E-state index is 6.17. The Kier molecular flexibility index (Phi) is 5.30. The highest BCUT2D eigenvalue weighted by Crippen LogP contribution is 2.41. The average molecular weight is 217 g/mol. The van der Waals surface area contributed by atoms with Crippen LogP contribution in [0.25, 0.3) is 0 Å². The monoisotopic (exact) mass is 216 g/mol. The highest BCUT2D eigenvalue weighted by Gasteiger charge is 2.32. The van der Waals surface area contributed by atoms with Crippen molar-refractivity contribution < 1.29 is 0 Å². The van der Waals surface area contributed by atoms with E-state index in [4.69, 9.17) is 11.6 Å². The molecule has 0 heterocycles. The third kappa shape index (κ3) is 3.15. The molecule has 1 aliphatic carbocycles. The summed E-state index contributed by atoms with van der Waals surface area (Å²) in [4.78, 5) is 0. The Morgan fingerprint density at radius 3 is 2.14 bits per heavy atom. The van der Waals surface area contributed by atoms with Gasteiger partial charge in [0.1, 0.15) is 0 Å². The Hall–Kier alpha value is 0.290. The van der Waals surface area contributed by atoms with E-state index in [1.54, 1.807) is 0 Å². The molecule has 0 bridgehead atoms. The van der Waals surface area contributed by atoms with E-state index in [0.717, 1.165) is 11.8 Å². The van der Waals surface area contributed by atoms with E-state index >= 15 is 0 Å². The summed E-state index contributed by atoms with van der Waals surface area (Å²) in [5.74, 6) is 1.74. The van der Waals surface area contributed by atoms with Gasteiger partial charge in [-0.15, -0.1) is 11.6 Å². The lowest BCUT2D eigenvalue weighted by Gasteiger charge is -2.35. The van der Waals surface area contributed by atoms with Gasteiger partial charge in [0, 0.05) is 5.88 Å². The fourth-order valence-electron chi connectivity index (χ4n) is 2.93. The molecule has 1 aliphatic rings. The van der Waals surface area contributed by atoms with Crippen LogP contribution in [0.3, 0.4) is 0 Å². The van der Waals surface area contributed by atoms with Gasteiger partial charge in [0.15, 0.2) is 0 Å². The van der Waals surface area contributed by atoms with Crippen LogP contribution in [-0.4, -0.2) is 5.88 Å². The molecule has 84 valence electrons. The summed E-state index contributed by atoms with van der Waals surface area (Å²) in [5, 5.41) is 0. The van der Waals surface area contributed by atoms with Crippen LogP contribution in [0.1, 0.15) is 65.2 Å². The second-order valence-electron chi connectivity index (χ2n) is 5.23. The van der Waals surface area contributed by atoms with E-state index < -0.39 is 0 Å². The molecule has 0 amide bonds. The molecule has 0 aromatic heterocycles. The Morgan fingerprint density at radius 2 is 1.71 bits per heavy atom. The van der Waals surface area contributed by atoms with Gasteiger partial charge in [-0.3, -0.25) is 0 Å². The molecule has 1 fully saturated rings. The zero-order chi connectivity index (χ0) is 10.4. The molecule has 0 spiro atoms. The second kappa shape index (κ2) is 6.00.